The van der Waals surface area contributed by atoms with Gasteiger partial charge in [0.25, 0.3) is 0 Å². The quantitative estimate of drug-likeness (QED) is 0.488. The van der Waals surface area contributed by atoms with Crippen LogP contribution in [-0.4, -0.2) is 32.3 Å². The first-order valence-corrected chi connectivity index (χ1v) is 10.5. The van der Waals surface area contributed by atoms with Crippen molar-refractivity contribution in [3.05, 3.63) is 101 Å². The lowest BCUT2D eigenvalue weighted by atomic mass is 9.88. The topological polar surface area (TPSA) is 77.9 Å². The number of halogens is 1. The van der Waals surface area contributed by atoms with Crippen LogP contribution in [0.25, 0.3) is 12.2 Å². The first kappa shape index (κ1) is 19.9. The Balaban J connectivity index is 1.42. The molecule has 5 rings (SSSR count). The van der Waals surface area contributed by atoms with Crippen LogP contribution in [-0.2, 0) is 12.8 Å². The van der Waals surface area contributed by atoms with E-state index < -0.39 is 0 Å². The van der Waals surface area contributed by atoms with E-state index in [0.717, 1.165) is 36.2 Å². The number of nitrogens with one attached hydrogen (secondary N) is 1. The summed E-state index contributed by atoms with van der Waals surface area (Å²) in [4.78, 5) is 2.32. The average Bonchev–Trinajstić information content (AvgIpc) is 3.33. The van der Waals surface area contributed by atoms with E-state index in [9.17, 15) is 9.50 Å². The number of fused-ring (bicyclic) bond motifs is 1. The summed E-state index contributed by atoms with van der Waals surface area (Å²) in [5.74, 6) is 0.582. The van der Waals surface area contributed by atoms with Gasteiger partial charge in [0.15, 0.2) is 5.82 Å². The van der Waals surface area contributed by atoms with E-state index in [2.05, 4.69) is 49.8 Å². The molecule has 6 nitrogen and oxygen atoms in total. The molecule has 0 saturated heterocycles. The number of rotatable bonds is 5. The van der Waals surface area contributed by atoms with Crippen LogP contribution in [0.2, 0.25) is 0 Å². The van der Waals surface area contributed by atoms with Crippen molar-refractivity contribution in [2.24, 2.45) is 0 Å². The van der Waals surface area contributed by atoms with Gasteiger partial charge in [0, 0.05) is 12.2 Å². The van der Waals surface area contributed by atoms with Crippen molar-refractivity contribution in [1.29, 1.82) is 0 Å². The monoisotopic (exact) mass is 427 g/mol. The maximum absolute atomic E-state index is 13.5. The second kappa shape index (κ2) is 8.63. The largest absolute Gasteiger partial charge is 0.508 e. The highest BCUT2D eigenvalue weighted by molar-refractivity contribution is 5.66. The Morgan fingerprint density at radius 3 is 2.59 bits per heavy atom. The summed E-state index contributed by atoms with van der Waals surface area (Å²) >= 11 is 0. The van der Waals surface area contributed by atoms with Crippen LogP contribution in [0.4, 0.5) is 10.1 Å². The van der Waals surface area contributed by atoms with Crippen LogP contribution in [0.5, 0.6) is 5.75 Å². The molecular formula is C25H22FN5O. The third-order valence-electron chi connectivity index (χ3n) is 5.84. The summed E-state index contributed by atoms with van der Waals surface area (Å²) in [6, 6.07) is 20.7. The molecule has 1 atom stereocenters. The van der Waals surface area contributed by atoms with Crippen molar-refractivity contribution in [1.82, 2.24) is 20.6 Å². The van der Waals surface area contributed by atoms with Crippen molar-refractivity contribution in [3.8, 4) is 5.75 Å². The first-order valence-electron chi connectivity index (χ1n) is 10.5. The predicted molar refractivity (Wildman–Crippen MR) is 122 cm³/mol. The highest BCUT2D eigenvalue weighted by Crippen LogP contribution is 2.37. The third kappa shape index (κ3) is 4.23. The predicted octanol–water partition coefficient (Wildman–Crippen LogP) is 4.56. The molecule has 1 unspecified atom stereocenters. The summed E-state index contributed by atoms with van der Waals surface area (Å²) in [7, 11) is 0. The molecule has 3 aromatic carbocycles. The van der Waals surface area contributed by atoms with E-state index in [1.165, 1.54) is 23.3 Å². The third-order valence-corrected chi connectivity index (χ3v) is 5.84. The summed E-state index contributed by atoms with van der Waals surface area (Å²) in [6.07, 6.45) is 5.37. The zero-order valence-corrected chi connectivity index (χ0v) is 17.3. The number of hydrogen-bond donors (Lipinski definition) is 2. The van der Waals surface area contributed by atoms with Crippen molar-refractivity contribution < 1.29 is 9.50 Å². The van der Waals surface area contributed by atoms with Gasteiger partial charge in [0.2, 0.25) is 0 Å². The Morgan fingerprint density at radius 2 is 1.84 bits per heavy atom. The summed E-state index contributed by atoms with van der Waals surface area (Å²) in [6.45, 7) is 0.804. The number of phenolic OH excluding ortho intramolecular Hbond substituents is 1. The van der Waals surface area contributed by atoms with Crippen LogP contribution in [0, 0.1) is 5.82 Å². The van der Waals surface area contributed by atoms with Gasteiger partial charge < -0.3 is 10.0 Å². The van der Waals surface area contributed by atoms with Gasteiger partial charge in [-0.05, 0) is 82.8 Å². The number of anilines is 1. The second-order valence-electron chi connectivity index (χ2n) is 7.87. The molecule has 0 radical (unpaired) electrons. The average molecular weight is 427 g/mol. The van der Waals surface area contributed by atoms with Gasteiger partial charge in [0.05, 0.1) is 6.04 Å². The molecule has 32 heavy (non-hydrogen) atoms. The Morgan fingerprint density at radius 1 is 1.03 bits per heavy atom. The maximum atomic E-state index is 13.5. The number of H-pyrrole nitrogens is 1. The summed E-state index contributed by atoms with van der Waals surface area (Å²) in [5.41, 5.74) is 5.59. The molecule has 7 heteroatoms. The molecular weight excluding hydrogens is 405 g/mol. The number of aromatic amines is 1. The number of nitrogens with zero attached hydrogens (tertiary/aromatic N) is 4. The minimum Gasteiger partial charge on any atom is -0.508 e. The molecule has 0 spiro atoms. The van der Waals surface area contributed by atoms with E-state index in [1.807, 2.05) is 30.3 Å². The summed E-state index contributed by atoms with van der Waals surface area (Å²) in [5, 5.41) is 23.8. The number of aromatic nitrogens is 4. The second-order valence-corrected chi connectivity index (χ2v) is 7.87. The van der Waals surface area contributed by atoms with E-state index in [4.69, 9.17) is 0 Å². The lowest BCUT2D eigenvalue weighted by Gasteiger charge is -2.39. The van der Waals surface area contributed by atoms with Crippen molar-refractivity contribution in [2.75, 3.05) is 11.4 Å². The van der Waals surface area contributed by atoms with Gasteiger partial charge in [-0.3, -0.25) is 0 Å². The number of phenols is 1. The molecule has 160 valence electrons. The normalized spacial score (nSPS) is 15.8. The number of benzene rings is 3. The van der Waals surface area contributed by atoms with Gasteiger partial charge >= 0.3 is 0 Å². The number of aromatic hydroxyl groups is 1. The van der Waals surface area contributed by atoms with Crippen molar-refractivity contribution in [2.45, 2.75) is 18.9 Å². The Labute approximate surface area is 185 Å². The van der Waals surface area contributed by atoms with E-state index in [0.29, 0.717) is 5.82 Å². The van der Waals surface area contributed by atoms with Gasteiger partial charge in [-0.1, -0.05) is 36.4 Å². The lowest BCUT2D eigenvalue weighted by molar-refractivity contribution is 0.472. The van der Waals surface area contributed by atoms with Crippen LogP contribution < -0.4 is 4.90 Å². The molecule has 1 aliphatic heterocycles. The molecule has 1 aliphatic rings. The lowest BCUT2D eigenvalue weighted by Crippen LogP contribution is -2.36. The number of hydrogen-bond acceptors (Lipinski definition) is 5. The van der Waals surface area contributed by atoms with Gasteiger partial charge in [-0.25, -0.2) is 4.39 Å². The minimum atomic E-state index is -0.239. The van der Waals surface area contributed by atoms with Crippen LogP contribution in [0.15, 0.2) is 66.7 Å². The smallest absolute Gasteiger partial charge is 0.197 e. The van der Waals surface area contributed by atoms with Crippen LogP contribution in [0.1, 0.15) is 34.1 Å². The van der Waals surface area contributed by atoms with Crippen molar-refractivity contribution in [3.63, 3.8) is 0 Å². The highest BCUT2D eigenvalue weighted by atomic mass is 19.1. The Bertz CT molecular complexity index is 1220. The fraction of sp³-hybridized carbons (Fsp3) is 0.160. The highest BCUT2D eigenvalue weighted by Gasteiger charge is 2.28. The molecule has 1 aromatic heterocycles. The molecule has 2 heterocycles. The van der Waals surface area contributed by atoms with E-state index >= 15 is 0 Å². The Kier molecular flexibility index (Phi) is 5.37. The molecule has 0 amide bonds. The fourth-order valence-corrected chi connectivity index (χ4v) is 4.26. The number of tetrazole rings is 1. The van der Waals surface area contributed by atoms with E-state index in [1.54, 1.807) is 12.1 Å². The maximum Gasteiger partial charge on any atom is 0.197 e. The fourth-order valence-electron chi connectivity index (χ4n) is 4.26. The zero-order chi connectivity index (χ0) is 21.9. The Hall–Kier alpha value is -4.00. The molecule has 2 N–H and O–H groups in total. The van der Waals surface area contributed by atoms with Crippen molar-refractivity contribution >= 4 is 17.8 Å². The molecule has 4 aromatic rings. The summed E-state index contributed by atoms with van der Waals surface area (Å²) < 4.78 is 13.5. The van der Waals surface area contributed by atoms with E-state index in [-0.39, 0.29) is 17.6 Å². The zero-order valence-electron chi connectivity index (χ0n) is 17.3. The molecule has 0 fully saturated rings. The SMILES string of the molecule is Oc1ccc2c(c1)CCN(c1ccc(F)cc1)C2Cc1ccc(/C=C/c2nn[nH]n2)cc1. The molecule has 0 bridgehead atoms. The van der Waals surface area contributed by atoms with Crippen LogP contribution >= 0.6 is 0 Å². The first-order chi connectivity index (χ1) is 15.7. The molecule has 0 aliphatic carbocycles. The standard InChI is InChI=1S/C25H22FN5O/c26-20-6-8-21(9-7-20)31-14-13-19-16-22(32)10-11-23(19)24(31)15-18-3-1-17(2-4-18)5-12-25-27-29-30-28-25/h1-12,16,24,32H,13-15H2,(H,27,28,29,30)/b12-5+. The van der Waals surface area contributed by atoms with Gasteiger partial charge in [-0.2, -0.15) is 5.21 Å². The minimum absolute atomic E-state index is 0.0885. The van der Waals surface area contributed by atoms with Gasteiger partial charge in [0.1, 0.15) is 11.6 Å². The van der Waals surface area contributed by atoms with Crippen LogP contribution in [0.3, 0.4) is 0 Å². The molecule has 0 saturated carbocycles. The van der Waals surface area contributed by atoms with Gasteiger partial charge in [-0.15, -0.1) is 10.2 Å².